The molecule has 0 aromatic heterocycles. The lowest BCUT2D eigenvalue weighted by atomic mass is 10.0. The second-order valence-corrected chi connectivity index (χ2v) is 4.62. The summed E-state index contributed by atoms with van der Waals surface area (Å²) in [5, 5.41) is 0. The lowest BCUT2D eigenvalue weighted by Crippen LogP contribution is -2.27. The molecule has 16 heavy (non-hydrogen) atoms. The van der Waals surface area contributed by atoms with Gasteiger partial charge in [0, 0.05) is 6.54 Å². The molecule has 3 heteroatoms. The summed E-state index contributed by atoms with van der Waals surface area (Å²) < 4.78 is 5.44. The van der Waals surface area contributed by atoms with E-state index >= 15 is 0 Å². The number of rotatable bonds is 1. The van der Waals surface area contributed by atoms with Crippen LogP contribution in [0.15, 0.2) is 24.3 Å². The molecule has 2 aliphatic rings. The highest BCUT2D eigenvalue weighted by Gasteiger charge is 2.44. The normalized spacial score (nSPS) is 28.1. The van der Waals surface area contributed by atoms with Crippen LogP contribution < -0.4 is 0 Å². The number of amides is 1. The summed E-state index contributed by atoms with van der Waals surface area (Å²) >= 11 is 0. The van der Waals surface area contributed by atoms with Crippen LogP contribution in [-0.2, 0) is 4.74 Å². The number of fused-ring (bicyclic) bond motifs is 1. The van der Waals surface area contributed by atoms with Gasteiger partial charge >= 0.3 is 6.09 Å². The zero-order valence-corrected chi connectivity index (χ0v) is 9.35. The average Bonchev–Trinajstić information content (AvgIpc) is 2.84. The van der Waals surface area contributed by atoms with Gasteiger partial charge in [-0.2, -0.15) is 0 Å². The minimum Gasteiger partial charge on any atom is -0.439 e. The Hall–Kier alpha value is -1.51. The molecule has 1 aromatic rings. The Morgan fingerprint density at radius 3 is 2.81 bits per heavy atom. The molecule has 0 aliphatic carbocycles. The summed E-state index contributed by atoms with van der Waals surface area (Å²) in [5.41, 5.74) is 2.35. The predicted octanol–water partition coefficient (Wildman–Crippen LogP) is 2.65. The number of aryl methyl sites for hydroxylation is 1. The van der Waals surface area contributed by atoms with E-state index in [0.29, 0.717) is 0 Å². The van der Waals surface area contributed by atoms with Crippen molar-refractivity contribution in [1.29, 1.82) is 0 Å². The Morgan fingerprint density at radius 1 is 1.31 bits per heavy atom. The van der Waals surface area contributed by atoms with Crippen molar-refractivity contribution in [2.45, 2.75) is 31.9 Å². The van der Waals surface area contributed by atoms with Gasteiger partial charge in [-0.15, -0.1) is 0 Å². The van der Waals surface area contributed by atoms with Crippen LogP contribution in [0, 0.1) is 6.92 Å². The van der Waals surface area contributed by atoms with Crippen molar-refractivity contribution in [3.63, 3.8) is 0 Å². The molecule has 0 N–H and O–H groups in total. The van der Waals surface area contributed by atoms with Gasteiger partial charge in [0.1, 0.15) is 6.10 Å². The fourth-order valence-corrected chi connectivity index (χ4v) is 2.64. The predicted molar refractivity (Wildman–Crippen MR) is 60.1 cm³/mol. The van der Waals surface area contributed by atoms with E-state index in [1.54, 1.807) is 0 Å². The third-order valence-electron chi connectivity index (χ3n) is 3.52. The van der Waals surface area contributed by atoms with E-state index in [2.05, 4.69) is 31.2 Å². The van der Waals surface area contributed by atoms with Crippen LogP contribution in [0.1, 0.15) is 30.1 Å². The lowest BCUT2D eigenvalue weighted by molar-refractivity contribution is 0.127. The molecule has 0 spiro atoms. The van der Waals surface area contributed by atoms with Crippen LogP contribution in [0.5, 0.6) is 0 Å². The Labute approximate surface area is 95.0 Å². The van der Waals surface area contributed by atoms with Crippen LogP contribution >= 0.6 is 0 Å². The molecule has 3 nitrogen and oxygen atoms in total. The number of benzene rings is 1. The molecule has 2 heterocycles. The minimum atomic E-state index is -0.145. The standard InChI is InChI=1S/C13H15NO2/c1-9-4-6-10(7-5-9)12-11-3-2-8-14(11)13(15)16-12/h4-7,11-12H,2-3,8H2,1H3/t11-,12-/m0/s1. The van der Waals surface area contributed by atoms with Crippen LogP contribution in [0.2, 0.25) is 0 Å². The maximum atomic E-state index is 11.6. The molecule has 2 aliphatic heterocycles. The summed E-state index contributed by atoms with van der Waals surface area (Å²) in [4.78, 5) is 13.5. The van der Waals surface area contributed by atoms with Crippen molar-refractivity contribution < 1.29 is 9.53 Å². The van der Waals surface area contributed by atoms with Crippen LogP contribution in [0.4, 0.5) is 4.79 Å². The average molecular weight is 217 g/mol. The first-order chi connectivity index (χ1) is 7.75. The van der Waals surface area contributed by atoms with Crippen molar-refractivity contribution in [2.24, 2.45) is 0 Å². The van der Waals surface area contributed by atoms with Crippen molar-refractivity contribution in [1.82, 2.24) is 4.90 Å². The van der Waals surface area contributed by atoms with Gasteiger partial charge in [0.15, 0.2) is 0 Å². The fraction of sp³-hybridized carbons (Fsp3) is 0.462. The molecule has 1 aromatic carbocycles. The lowest BCUT2D eigenvalue weighted by Gasteiger charge is -2.16. The number of carbonyl (C=O) groups excluding carboxylic acids is 1. The van der Waals surface area contributed by atoms with Crippen LogP contribution in [0.25, 0.3) is 0 Å². The van der Waals surface area contributed by atoms with Gasteiger partial charge < -0.3 is 9.64 Å². The molecular formula is C13H15NO2. The number of carbonyl (C=O) groups is 1. The first kappa shape index (κ1) is 9.70. The molecule has 3 rings (SSSR count). The molecule has 2 fully saturated rings. The topological polar surface area (TPSA) is 29.5 Å². The molecule has 2 atom stereocenters. The zero-order chi connectivity index (χ0) is 11.1. The summed E-state index contributed by atoms with van der Waals surface area (Å²) in [6.07, 6.45) is 1.95. The molecule has 84 valence electrons. The van der Waals surface area contributed by atoms with Gasteiger partial charge in [-0.3, -0.25) is 0 Å². The largest absolute Gasteiger partial charge is 0.439 e. The van der Waals surface area contributed by atoms with Crippen molar-refractivity contribution in [2.75, 3.05) is 6.54 Å². The first-order valence-electron chi connectivity index (χ1n) is 5.79. The Morgan fingerprint density at radius 2 is 2.06 bits per heavy atom. The van der Waals surface area contributed by atoms with Crippen molar-refractivity contribution in [3.8, 4) is 0 Å². The molecule has 2 saturated heterocycles. The Balaban J connectivity index is 1.90. The highest BCUT2D eigenvalue weighted by atomic mass is 16.6. The number of hydrogen-bond donors (Lipinski definition) is 0. The number of ether oxygens (including phenoxy) is 1. The molecule has 0 radical (unpaired) electrons. The fourth-order valence-electron chi connectivity index (χ4n) is 2.64. The third-order valence-corrected chi connectivity index (χ3v) is 3.52. The van der Waals surface area contributed by atoms with Crippen LogP contribution in [0.3, 0.4) is 0 Å². The van der Waals surface area contributed by atoms with E-state index in [4.69, 9.17) is 4.74 Å². The van der Waals surface area contributed by atoms with Gasteiger partial charge in [0.05, 0.1) is 6.04 Å². The van der Waals surface area contributed by atoms with Crippen molar-refractivity contribution in [3.05, 3.63) is 35.4 Å². The maximum absolute atomic E-state index is 11.6. The quantitative estimate of drug-likeness (QED) is 0.723. The summed E-state index contributed by atoms with van der Waals surface area (Å²) in [6, 6.07) is 8.53. The zero-order valence-electron chi connectivity index (χ0n) is 9.35. The molecule has 0 bridgehead atoms. The third kappa shape index (κ3) is 1.39. The molecule has 1 amide bonds. The van der Waals surface area contributed by atoms with E-state index in [-0.39, 0.29) is 18.2 Å². The number of nitrogens with zero attached hydrogens (tertiary/aromatic N) is 1. The van der Waals surface area contributed by atoms with Gasteiger partial charge in [-0.1, -0.05) is 29.8 Å². The van der Waals surface area contributed by atoms with Gasteiger partial charge in [0.2, 0.25) is 0 Å². The molecule has 0 unspecified atom stereocenters. The van der Waals surface area contributed by atoms with E-state index in [9.17, 15) is 4.79 Å². The van der Waals surface area contributed by atoms with E-state index in [1.807, 2.05) is 4.90 Å². The van der Waals surface area contributed by atoms with Crippen molar-refractivity contribution >= 4 is 6.09 Å². The summed E-state index contributed by atoms with van der Waals surface area (Å²) in [5.74, 6) is 0. The second kappa shape index (κ2) is 3.51. The second-order valence-electron chi connectivity index (χ2n) is 4.62. The Bertz CT molecular complexity index is 412. The van der Waals surface area contributed by atoms with E-state index < -0.39 is 0 Å². The SMILES string of the molecule is Cc1ccc([C@@H]2OC(=O)N3CCC[C@@H]23)cc1. The summed E-state index contributed by atoms with van der Waals surface area (Å²) in [6.45, 7) is 2.91. The Kier molecular flexibility index (Phi) is 2.13. The minimum absolute atomic E-state index is 0.0596. The number of cyclic esters (lactones) is 1. The first-order valence-corrected chi connectivity index (χ1v) is 5.79. The van der Waals surface area contributed by atoms with Gasteiger partial charge in [-0.25, -0.2) is 4.79 Å². The number of hydrogen-bond acceptors (Lipinski definition) is 2. The van der Waals surface area contributed by atoms with Crippen LogP contribution in [-0.4, -0.2) is 23.6 Å². The van der Waals surface area contributed by atoms with E-state index in [1.165, 1.54) is 5.56 Å². The highest BCUT2D eigenvalue weighted by Crippen LogP contribution is 2.38. The maximum Gasteiger partial charge on any atom is 0.410 e. The van der Waals surface area contributed by atoms with Gasteiger partial charge in [0.25, 0.3) is 0 Å². The van der Waals surface area contributed by atoms with Gasteiger partial charge in [-0.05, 0) is 25.3 Å². The highest BCUT2D eigenvalue weighted by molar-refractivity contribution is 5.71. The monoisotopic (exact) mass is 217 g/mol. The van der Waals surface area contributed by atoms with E-state index in [0.717, 1.165) is 24.9 Å². The smallest absolute Gasteiger partial charge is 0.410 e. The molecule has 0 saturated carbocycles. The molecular weight excluding hydrogens is 202 g/mol. The summed E-state index contributed by atoms with van der Waals surface area (Å²) in [7, 11) is 0.